The Morgan fingerprint density at radius 2 is 1.55 bits per heavy atom. The van der Waals surface area contributed by atoms with Crippen LogP contribution in [-0.4, -0.2) is 21.2 Å². The number of quaternary nitrogens is 1. The molecular formula is C19H24NO2+. The lowest BCUT2D eigenvalue weighted by atomic mass is 10.1. The van der Waals surface area contributed by atoms with Crippen molar-refractivity contribution in [2.45, 2.75) is 39.4 Å². The van der Waals surface area contributed by atoms with Gasteiger partial charge in [-0.3, -0.25) is 0 Å². The molecule has 1 aliphatic rings. The van der Waals surface area contributed by atoms with Gasteiger partial charge in [0.15, 0.2) is 11.5 Å². The van der Waals surface area contributed by atoms with Crippen LogP contribution >= 0.6 is 0 Å². The van der Waals surface area contributed by atoms with Crippen LogP contribution in [0.1, 0.15) is 36.5 Å². The second kappa shape index (κ2) is 6.01. The number of unbranched alkanes of at least 4 members (excludes halogenated alkanes) is 1. The Labute approximate surface area is 132 Å². The molecule has 0 saturated carbocycles. The maximum absolute atomic E-state index is 9.76. The highest BCUT2D eigenvalue weighted by Crippen LogP contribution is 2.38. The maximum atomic E-state index is 9.76. The number of fused-ring (bicyclic) bond motifs is 1. The molecule has 1 aliphatic heterocycles. The van der Waals surface area contributed by atoms with Crippen molar-refractivity contribution in [3.63, 3.8) is 0 Å². The largest absolute Gasteiger partial charge is 0.504 e. The standard InChI is InChI=1S/C19H23NO2/c1-2-3-9-20(12-15-7-5-4-6-8-15)13-16-10-18(21)19(22)11-17(16)14-20/h4-8,10-11H,2-3,9,12-14H2,1H3,(H-,21,22)/p+1. The van der Waals surface area contributed by atoms with Crippen molar-refractivity contribution >= 4 is 0 Å². The summed E-state index contributed by atoms with van der Waals surface area (Å²) in [5.74, 6) is -0.0112. The van der Waals surface area contributed by atoms with Crippen molar-refractivity contribution in [3.8, 4) is 11.5 Å². The van der Waals surface area contributed by atoms with Crippen LogP contribution in [-0.2, 0) is 19.6 Å². The molecule has 0 aromatic heterocycles. The van der Waals surface area contributed by atoms with E-state index < -0.39 is 0 Å². The summed E-state index contributed by atoms with van der Waals surface area (Å²) in [6.07, 6.45) is 2.38. The van der Waals surface area contributed by atoms with Gasteiger partial charge in [0.25, 0.3) is 0 Å². The lowest BCUT2D eigenvalue weighted by molar-refractivity contribution is -0.960. The zero-order chi connectivity index (χ0) is 15.6. The summed E-state index contributed by atoms with van der Waals surface area (Å²) in [4.78, 5) is 0. The summed E-state index contributed by atoms with van der Waals surface area (Å²) in [6.45, 7) is 6.20. The predicted molar refractivity (Wildman–Crippen MR) is 87.4 cm³/mol. The Bertz CT molecular complexity index is 621. The third kappa shape index (κ3) is 2.95. The van der Waals surface area contributed by atoms with Gasteiger partial charge < -0.3 is 14.7 Å². The number of hydrogen-bond donors (Lipinski definition) is 2. The van der Waals surface area contributed by atoms with Crippen LogP contribution in [0.25, 0.3) is 0 Å². The summed E-state index contributed by atoms with van der Waals surface area (Å²) in [5.41, 5.74) is 3.68. The van der Waals surface area contributed by atoms with E-state index in [1.807, 2.05) is 0 Å². The van der Waals surface area contributed by atoms with Gasteiger partial charge in [0.05, 0.1) is 6.54 Å². The highest BCUT2D eigenvalue weighted by Gasteiger charge is 2.36. The summed E-state index contributed by atoms with van der Waals surface area (Å²) in [6, 6.07) is 14.1. The third-order valence-electron chi connectivity index (χ3n) is 4.66. The van der Waals surface area contributed by atoms with Gasteiger partial charge in [-0.1, -0.05) is 43.7 Å². The van der Waals surface area contributed by atoms with E-state index in [4.69, 9.17) is 0 Å². The molecule has 116 valence electrons. The van der Waals surface area contributed by atoms with Crippen LogP contribution in [0.4, 0.5) is 0 Å². The van der Waals surface area contributed by atoms with Gasteiger partial charge in [-0.05, 0) is 18.6 Å². The monoisotopic (exact) mass is 298 g/mol. The van der Waals surface area contributed by atoms with Crippen molar-refractivity contribution in [2.75, 3.05) is 6.54 Å². The smallest absolute Gasteiger partial charge is 0.157 e. The number of rotatable bonds is 5. The van der Waals surface area contributed by atoms with Gasteiger partial charge in [0.2, 0.25) is 0 Å². The van der Waals surface area contributed by atoms with Gasteiger partial charge in [-0.2, -0.15) is 0 Å². The Morgan fingerprint density at radius 1 is 0.955 bits per heavy atom. The summed E-state index contributed by atoms with van der Waals surface area (Å²) >= 11 is 0. The molecule has 0 unspecified atom stereocenters. The molecule has 0 bridgehead atoms. The second-order valence-electron chi connectivity index (χ2n) is 6.49. The molecule has 0 fully saturated rings. The first-order chi connectivity index (χ1) is 10.6. The quantitative estimate of drug-likeness (QED) is 0.648. The number of nitrogens with zero attached hydrogens (tertiary/aromatic N) is 1. The lowest BCUT2D eigenvalue weighted by Crippen LogP contribution is -2.42. The van der Waals surface area contributed by atoms with E-state index in [1.165, 1.54) is 29.5 Å². The molecule has 2 N–H and O–H groups in total. The molecule has 2 aromatic rings. The average molecular weight is 298 g/mol. The number of benzene rings is 2. The minimum Gasteiger partial charge on any atom is -0.504 e. The van der Waals surface area contributed by atoms with E-state index in [9.17, 15) is 10.2 Å². The van der Waals surface area contributed by atoms with E-state index >= 15 is 0 Å². The molecule has 22 heavy (non-hydrogen) atoms. The van der Waals surface area contributed by atoms with Crippen molar-refractivity contribution in [3.05, 3.63) is 59.2 Å². The number of phenols is 2. The van der Waals surface area contributed by atoms with Crippen LogP contribution in [0.2, 0.25) is 0 Å². The highest BCUT2D eigenvalue weighted by atomic mass is 16.3. The molecule has 0 saturated heterocycles. The Kier molecular flexibility index (Phi) is 4.08. The van der Waals surface area contributed by atoms with E-state index in [0.29, 0.717) is 0 Å². The molecular weight excluding hydrogens is 274 g/mol. The molecule has 0 radical (unpaired) electrons. The molecule has 0 amide bonds. The molecule has 3 rings (SSSR count). The minimum atomic E-state index is -0.00560. The van der Waals surface area contributed by atoms with E-state index in [-0.39, 0.29) is 11.5 Å². The van der Waals surface area contributed by atoms with Crippen LogP contribution in [0.3, 0.4) is 0 Å². The first kappa shape index (κ1) is 14.9. The zero-order valence-electron chi connectivity index (χ0n) is 13.1. The number of hydrogen-bond acceptors (Lipinski definition) is 2. The molecule has 0 spiro atoms. The summed E-state index contributed by atoms with van der Waals surface area (Å²) in [5, 5.41) is 19.5. The van der Waals surface area contributed by atoms with Crippen LogP contribution in [0, 0.1) is 0 Å². The molecule has 0 atom stereocenters. The van der Waals surface area contributed by atoms with Crippen LogP contribution in [0.15, 0.2) is 42.5 Å². The van der Waals surface area contributed by atoms with E-state index in [0.717, 1.165) is 30.7 Å². The van der Waals surface area contributed by atoms with Gasteiger partial charge in [-0.25, -0.2) is 0 Å². The maximum Gasteiger partial charge on any atom is 0.157 e. The normalized spacial score (nSPS) is 15.7. The fourth-order valence-electron chi connectivity index (χ4n) is 3.55. The topological polar surface area (TPSA) is 40.5 Å². The fourth-order valence-corrected chi connectivity index (χ4v) is 3.55. The molecule has 0 aliphatic carbocycles. The first-order valence-electron chi connectivity index (χ1n) is 8.05. The number of aromatic hydroxyl groups is 2. The van der Waals surface area contributed by atoms with Crippen LogP contribution in [0.5, 0.6) is 11.5 Å². The van der Waals surface area contributed by atoms with Gasteiger partial charge >= 0.3 is 0 Å². The van der Waals surface area contributed by atoms with E-state index in [1.54, 1.807) is 12.1 Å². The van der Waals surface area contributed by atoms with Gasteiger partial charge in [-0.15, -0.1) is 0 Å². The first-order valence-corrected chi connectivity index (χ1v) is 8.05. The second-order valence-corrected chi connectivity index (χ2v) is 6.49. The van der Waals surface area contributed by atoms with Crippen LogP contribution < -0.4 is 0 Å². The lowest BCUT2D eigenvalue weighted by Gasteiger charge is -2.34. The average Bonchev–Trinajstić information content (AvgIpc) is 2.84. The molecule has 3 heteroatoms. The highest BCUT2D eigenvalue weighted by molar-refractivity contribution is 5.46. The zero-order valence-corrected chi connectivity index (χ0v) is 13.1. The van der Waals surface area contributed by atoms with Gasteiger partial charge in [0, 0.05) is 16.7 Å². The Balaban J connectivity index is 1.89. The molecule has 2 aromatic carbocycles. The molecule has 3 nitrogen and oxygen atoms in total. The Hall–Kier alpha value is -2.00. The molecule has 1 heterocycles. The van der Waals surface area contributed by atoms with Crippen molar-refractivity contribution in [1.29, 1.82) is 0 Å². The fraction of sp³-hybridized carbons (Fsp3) is 0.368. The van der Waals surface area contributed by atoms with Crippen molar-refractivity contribution in [1.82, 2.24) is 0 Å². The Morgan fingerprint density at radius 3 is 2.09 bits per heavy atom. The number of phenolic OH excluding ortho intramolecular Hbond substituents is 2. The van der Waals surface area contributed by atoms with Crippen molar-refractivity contribution in [2.24, 2.45) is 0 Å². The van der Waals surface area contributed by atoms with Crippen molar-refractivity contribution < 1.29 is 14.7 Å². The SMILES string of the molecule is CCCC[N+]1(Cc2ccccc2)Cc2cc(O)c(O)cc2C1. The predicted octanol–water partition coefficient (Wildman–Crippen LogP) is 3.93. The van der Waals surface area contributed by atoms with Gasteiger partial charge in [0.1, 0.15) is 19.6 Å². The van der Waals surface area contributed by atoms with E-state index in [2.05, 4.69) is 37.3 Å². The summed E-state index contributed by atoms with van der Waals surface area (Å²) in [7, 11) is 0. The minimum absolute atomic E-state index is 0.00560. The summed E-state index contributed by atoms with van der Waals surface area (Å²) < 4.78 is 0.982. The third-order valence-corrected chi connectivity index (χ3v) is 4.66.